The molecule has 0 spiro atoms. The molecule has 0 unspecified atom stereocenters. The van der Waals surface area contributed by atoms with Crippen molar-refractivity contribution >= 4 is 5.69 Å². The lowest BCUT2D eigenvalue weighted by Crippen LogP contribution is -2.24. The van der Waals surface area contributed by atoms with Crippen LogP contribution in [0.2, 0.25) is 0 Å². The highest BCUT2D eigenvalue weighted by molar-refractivity contribution is 5.46. The Kier molecular flexibility index (Phi) is 6.31. The Morgan fingerprint density at radius 2 is 2.00 bits per heavy atom. The Balaban J connectivity index is 1.58. The maximum Gasteiger partial charge on any atom is 0.125 e. The fourth-order valence-electron chi connectivity index (χ4n) is 2.52. The summed E-state index contributed by atoms with van der Waals surface area (Å²) in [6.45, 7) is 5.26. The fourth-order valence-corrected chi connectivity index (χ4v) is 2.52. The standard InChI is InChI=1S/C17H27FN2/c1-2-20(17-9-7-8-15(18)14-17)13-6-4-3-5-12-19-16-10-11-16/h7-9,14,16,19H,2-6,10-13H2,1H3. The third-order valence-electron chi connectivity index (χ3n) is 3.92. The van der Waals surface area contributed by atoms with E-state index in [1.54, 1.807) is 12.1 Å². The van der Waals surface area contributed by atoms with Crippen LogP contribution < -0.4 is 10.2 Å². The molecule has 1 aromatic rings. The average molecular weight is 278 g/mol. The van der Waals surface area contributed by atoms with Crippen LogP contribution >= 0.6 is 0 Å². The largest absolute Gasteiger partial charge is 0.372 e. The maximum atomic E-state index is 13.2. The molecular weight excluding hydrogens is 251 g/mol. The van der Waals surface area contributed by atoms with Gasteiger partial charge < -0.3 is 10.2 Å². The number of rotatable bonds is 10. The van der Waals surface area contributed by atoms with E-state index in [1.807, 2.05) is 6.07 Å². The van der Waals surface area contributed by atoms with Gasteiger partial charge in [0, 0.05) is 24.8 Å². The molecule has 0 aliphatic heterocycles. The van der Waals surface area contributed by atoms with Crippen LogP contribution in [0.4, 0.5) is 10.1 Å². The lowest BCUT2D eigenvalue weighted by molar-refractivity contribution is 0.581. The summed E-state index contributed by atoms with van der Waals surface area (Å²) in [5, 5.41) is 3.55. The number of nitrogens with one attached hydrogen (secondary N) is 1. The molecule has 1 aliphatic carbocycles. The van der Waals surface area contributed by atoms with Crippen LogP contribution in [0.5, 0.6) is 0 Å². The molecule has 0 saturated heterocycles. The predicted molar refractivity (Wildman–Crippen MR) is 83.8 cm³/mol. The van der Waals surface area contributed by atoms with Crippen LogP contribution in [0.15, 0.2) is 24.3 Å². The van der Waals surface area contributed by atoms with Crippen molar-refractivity contribution in [3.8, 4) is 0 Å². The Hall–Kier alpha value is -1.09. The lowest BCUT2D eigenvalue weighted by atomic mass is 10.1. The van der Waals surface area contributed by atoms with E-state index in [1.165, 1.54) is 51.1 Å². The van der Waals surface area contributed by atoms with Gasteiger partial charge >= 0.3 is 0 Å². The highest BCUT2D eigenvalue weighted by atomic mass is 19.1. The van der Waals surface area contributed by atoms with E-state index in [0.717, 1.165) is 24.8 Å². The molecule has 1 fully saturated rings. The second kappa shape index (κ2) is 8.25. The molecule has 1 N–H and O–H groups in total. The first-order valence-corrected chi connectivity index (χ1v) is 8.03. The third-order valence-corrected chi connectivity index (χ3v) is 3.92. The molecule has 1 saturated carbocycles. The Labute approximate surface area is 122 Å². The zero-order valence-electron chi connectivity index (χ0n) is 12.6. The molecule has 0 heterocycles. The number of hydrogen-bond acceptors (Lipinski definition) is 2. The van der Waals surface area contributed by atoms with Crippen LogP contribution in [0, 0.1) is 5.82 Å². The summed E-state index contributed by atoms with van der Waals surface area (Å²) in [5.41, 5.74) is 1.00. The first kappa shape index (κ1) is 15.3. The lowest BCUT2D eigenvalue weighted by Gasteiger charge is -2.23. The van der Waals surface area contributed by atoms with Crippen molar-refractivity contribution < 1.29 is 4.39 Å². The molecule has 1 aliphatic rings. The number of unbranched alkanes of at least 4 members (excludes halogenated alkanes) is 3. The van der Waals surface area contributed by atoms with Gasteiger partial charge in [0.25, 0.3) is 0 Å². The number of hydrogen-bond donors (Lipinski definition) is 1. The van der Waals surface area contributed by atoms with Gasteiger partial charge in [-0.15, -0.1) is 0 Å². The van der Waals surface area contributed by atoms with Crippen molar-refractivity contribution in [3.05, 3.63) is 30.1 Å². The van der Waals surface area contributed by atoms with Crippen molar-refractivity contribution in [2.45, 2.75) is 51.5 Å². The minimum atomic E-state index is -0.146. The van der Waals surface area contributed by atoms with Gasteiger partial charge in [0.15, 0.2) is 0 Å². The van der Waals surface area contributed by atoms with E-state index in [9.17, 15) is 4.39 Å². The zero-order valence-corrected chi connectivity index (χ0v) is 12.6. The van der Waals surface area contributed by atoms with Gasteiger partial charge in [0.1, 0.15) is 5.82 Å². The van der Waals surface area contributed by atoms with Crippen LogP contribution in [0.25, 0.3) is 0 Å². The van der Waals surface area contributed by atoms with E-state index in [-0.39, 0.29) is 5.82 Å². The molecule has 0 bridgehead atoms. The second-order valence-electron chi connectivity index (χ2n) is 5.70. The summed E-state index contributed by atoms with van der Waals surface area (Å²) in [6.07, 6.45) is 7.77. The zero-order chi connectivity index (χ0) is 14.2. The quantitative estimate of drug-likeness (QED) is 0.652. The summed E-state index contributed by atoms with van der Waals surface area (Å²) >= 11 is 0. The Bertz CT molecular complexity index is 390. The fraction of sp³-hybridized carbons (Fsp3) is 0.647. The van der Waals surface area contributed by atoms with Gasteiger partial charge in [-0.2, -0.15) is 0 Å². The summed E-state index contributed by atoms with van der Waals surface area (Å²) in [6, 6.07) is 7.74. The SMILES string of the molecule is CCN(CCCCCCNC1CC1)c1cccc(F)c1. The molecule has 0 aromatic heterocycles. The molecule has 20 heavy (non-hydrogen) atoms. The summed E-state index contributed by atoms with van der Waals surface area (Å²) in [7, 11) is 0. The van der Waals surface area contributed by atoms with E-state index >= 15 is 0 Å². The van der Waals surface area contributed by atoms with Crippen LogP contribution in [-0.2, 0) is 0 Å². The molecule has 0 atom stereocenters. The Morgan fingerprint density at radius 3 is 2.70 bits per heavy atom. The highest BCUT2D eigenvalue weighted by Gasteiger charge is 2.19. The van der Waals surface area contributed by atoms with Crippen molar-refractivity contribution in [3.63, 3.8) is 0 Å². The molecule has 2 rings (SSSR count). The number of anilines is 1. The molecule has 2 nitrogen and oxygen atoms in total. The van der Waals surface area contributed by atoms with Gasteiger partial charge in [-0.3, -0.25) is 0 Å². The first-order chi connectivity index (χ1) is 9.79. The summed E-state index contributed by atoms with van der Waals surface area (Å²) in [4.78, 5) is 2.26. The van der Waals surface area contributed by atoms with Crippen molar-refractivity contribution in [2.75, 3.05) is 24.5 Å². The third kappa shape index (κ3) is 5.49. The topological polar surface area (TPSA) is 15.3 Å². The average Bonchev–Trinajstić information content (AvgIpc) is 3.26. The molecule has 112 valence electrons. The van der Waals surface area contributed by atoms with Gasteiger partial charge in [0.2, 0.25) is 0 Å². The van der Waals surface area contributed by atoms with E-state index < -0.39 is 0 Å². The van der Waals surface area contributed by atoms with Crippen LogP contribution in [0.3, 0.4) is 0 Å². The summed E-state index contributed by atoms with van der Waals surface area (Å²) < 4.78 is 13.2. The van der Waals surface area contributed by atoms with Gasteiger partial charge in [0.05, 0.1) is 0 Å². The van der Waals surface area contributed by atoms with E-state index in [2.05, 4.69) is 17.1 Å². The molecule has 3 heteroatoms. The molecule has 0 radical (unpaired) electrons. The first-order valence-electron chi connectivity index (χ1n) is 8.03. The number of halogens is 1. The smallest absolute Gasteiger partial charge is 0.125 e. The van der Waals surface area contributed by atoms with Crippen molar-refractivity contribution in [1.82, 2.24) is 5.32 Å². The van der Waals surface area contributed by atoms with E-state index in [0.29, 0.717) is 0 Å². The van der Waals surface area contributed by atoms with Crippen molar-refractivity contribution in [2.24, 2.45) is 0 Å². The van der Waals surface area contributed by atoms with Crippen molar-refractivity contribution in [1.29, 1.82) is 0 Å². The van der Waals surface area contributed by atoms with Gasteiger partial charge in [-0.1, -0.05) is 18.9 Å². The minimum absolute atomic E-state index is 0.146. The molecular formula is C17H27FN2. The molecule has 0 amide bonds. The second-order valence-corrected chi connectivity index (χ2v) is 5.70. The van der Waals surface area contributed by atoms with Crippen LogP contribution in [-0.4, -0.2) is 25.7 Å². The molecule has 1 aromatic carbocycles. The highest BCUT2D eigenvalue weighted by Crippen LogP contribution is 2.19. The van der Waals surface area contributed by atoms with Crippen LogP contribution in [0.1, 0.15) is 45.4 Å². The minimum Gasteiger partial charge on any atom is -0.372 e. The normalized spacial score (nSPS) is 14.5. The number of benzene rings is 1. The van der Waals surface area contributed by atoms with E-state index in [4.69, 9.17) is 0 Å². The maximum absolute atomic E-state index is 13.2. The monoisotopic (exact) mass is 278 g/mol. The summed E-state index contributed by atoms with van der Waals surface area (Å²) in [5.74, 6) is -0.146. The number of nitrogens with zero attached hydrogens (tertiary/aromatic N) is 1. The Morgan fingerprint density at radius 1 is 1.20 bits per heavy atom. The van der Waals surface area contributed by atoms with Gasteiger partial charge in [-0.05, 0) is 57.4 Å². The van der Waals surface area contributed by atoms with Gasteiger partial charge in [-0.25, -0.2) is 4.39 Å². The predicted octanol–water partition coefficient (Wildman–Crippen LogP) is 3.96.